The third-order valence-corrected chi connectivity index (χ3v) is 7.11. The minimum atomic E-state index is -1.24. The molecule has 0 radical (unpaired) electrons. The fourth-order valence-electron chi connectivity index (χ4n) is 4.72. The Morgan fingerprint density at radius 2 is 1.60 bits per heavy atom. The minimum Gasteiger partial charge on any atom is -0.480 e. The van der Waals surface area contributed by atoms with Gasteiger partial charge in [0.25, 0.3) is 5.91 Å². The fraction of sp³-hybridized carbons (Fsp3) is 0.222. The zero-order valence-electron chi connectivity index (χ0n) is 18.7. The zero-order valence-corrected chi connectivity index (χ0v) is 19.5. The molecule has 178 valence electrons. The van der Waals surface area contributed by atoms with Crippen LogP contribution in [-0.2, 0) is 9.53 Å². The molecule has 35 heavy (non-hydrogen) atoms. The van der Waals surface area contributed by atoms with Crippen molar-refractivity contribution in [2.75, 3.05) is 11.9 Å². The van der Waals surface area contributed by atoms with Crippen LogP contribution in [-0.4, -0.2) is 35.2 Å². The van der Waals surface area contributed by atoms with Gasteiger partial charge in [-0.1, -0.05) is 60.1 Å². The van der Waals surface area contributed by atoms with Gasteiger partial charge in [0.05, 0.1) is 10.7 Å². The molecule has 2 aliphatic rings. The second-order valence-electron chi connectivity index (χ2n) is 8.84. The molecule has 5 rings (SSSR count). The quantitative estimate of drug-likeness (QED) is 0.427. The molecule has 3 aromatic carbocycles. The van der Waals surface area contributed by atoms with Gasteiger partial charge in [-0.25, -0.2) is 9.59 Å². The minimum absolute atomic E-state index is 0.0876. The van der Waals surface area contributed by atoms with Gasteiger partial charge in [0, 0.05) is 11.5 Å². The number of rotatable bonds is 6. The van der Waals surface area contributed by atoms with Crippen LogP contribution in [0.15, 0.2) is 66.7 Å². The SMILES string of the molecule is O=C(Nc1cc(C(=O)NC2(C(=O)O)CCC2)ccc1Cl)OCC1c2ccccc2-c2ccccc21. The average molecular weight is 491 g/mol. The van der Waals surface area contributed by atoms with Gasteiger partial charge in [0.1, 0.15) is 12.1 Å². The molecule has 0 bridgehead atoms. The average Bonchev–Trinajstić information content (AvgIpc) is 3.15. The highest BCUT2D eigenvalue weighted by Crippen LogP contribution is 2.44. The number of benzene rings is 3. The highest BCUT2D eigenvalue weighted by atomic mass is 35.5. The van der Waals surface area contributed by atoms with E-state index >= 15 is 0 Å². The predicted octanol–water partition coefficient (Wildman–Crippen LogP) is 5.44. The van der Waals surface area contributed by atoms with E-state index in [4.69, 9.17) is 16.3 Å². The van der Waals surface area contributed by atoms with Gasteiger partial charge in [-0.15, -0.1) is 0 Å². The number of carboxylic acid groups (broad SMARTS) is 1. The summed E-state index contributed by atoms with van der Waals surface area (Å²) in [7, 11) is 0. The molecule has 1 saturated carbocycles. The molecule has 8 heteroatoms. The number of aliphatic carboxylic acids is 1. The Balaban J connectivity index is 1.27. The highest BCUT2D eigenvalue weighted by Gasteiger charge is 2.45. The fourth-order valence-corrected chi connectivity index (χ4v) is 4.88. The van der Waals surface area contributed by atoms with Crippen molar-refractivity contribution in [2.24, 2.45) is 0 Å². The molecule has 0 aliphatic heterocycles. The molecule has 2 aliphatic carbocycles. The van der Waals surface area contributed by atoms with E-state index in [2.05, 4.69) is 22.8 Å². The van der Waals surface area contributed by atoms with Crippen molar-refractivity contribution < 1.29 is 24.2 Å². The number of amides is 2. The summed E-state index contributed by atoms with van der Waals surface area (Å²) in [4.78, 5) is 36.9. The highest BCUT2D eigenvalue weighted by molar-refractivity contribution is 6.33. The number of carbonyl (C=O) groups excluding carboxylic acids is 2. The molecular weight excluding hydrogens is 468 g/mol. The number of hydrogen-bond acceptors (Lipinski definition) is 4. The van der Waals surface area contributed by atoms with Crippen molar-refractivity contribution in [1.82, 2.24) is 5.32 Å². The lowest BCUT2D eigenvalue weighted by molar-refractivity contribution is -0.148. The topological polar surface area (TPSA) is 105 Å². The summed E-state index contributed by atoms with van der Waals surface area (Å²) in [5.74, 6) is -1.68. The summed E-state index contributed by atoms with van der Waals surface area (Å²) < 4.78 is 5.55. The Morgan fingerprint density at radius 1 is 0.971 bits per heavy atom. The molecule has 2 amide bonds. The Labute approximate surface area is 207 Å². The standard InChI is InChI=1S/C27H23ClN2O5/c28-22-11-10-16(24(31)30-27(25(32)33)12-5-13-27)14-23(22)29-26(34)35-15-21-19-8-3-1-6-17(19)18-7-2-4-9-20(18)21/h1-4,6-11,14,21H,5,12-13,15H2,(H,29,34)(H,30,31)(H,32,33). The Bertz CT molecular complexity index is 1290. The summed E-state index contributed by atoms with van der Waals surface area (Å²) in [6.07, 6.45) is 0.799. The van der Waals surface area contributed by atoms with Crippen LogP contribution in [0.25, 0.3) is 11.1 Å². The van der Waals surface area contributed by atoms with E-state index in [-0.39, 0.29) is 28.8 Å². The molecule has 7 nitrogen and oxygen atoms in total. The molecule has 0 atom stereocenters. The number of anilines is 1. The maximum Gasteiger partial charge on any atom is 0.411 e. The van der Waals surface area contributed by atoms with Crippen LogP contribution in [0.1, 0.15) is 46.7 Å². The number of carbonyl (C=O) groups is 3. The first-order valence-electron chi connectivity index (χ1n) is 11.4. The molecule has 0 saturated heterocycles. The van der Waals surface area contributed by atoms with Crippen molar-refractivity contribution in [3.8, 4) is 11.1 Å². The number of halogens is 1. The third-order valence-electron chi connectivity index (χ3n) is 6.78. The van der Waals surface area contributed by atoms with Gasteiger partial charge >= 0.3 is 12.1 Å². The molecule has 0 heterocycles. The zero-order chi connectivity index (χ0) is 24.6. The molecule has 3 aromatic rings. The van der Waals surface area contributed by atoms with Gasteiger partial charge in [-0.2, -0.15) is 0 Å². The summed E-state index contributed by atoms with van der Waals surface area (Å²) >= 11 is 6.23. The van der Waals surface area contributed by atoms with E-state index in [9.17, 15) is 19.5 Å². The van der Waals surface area contributed by atoms with Crippen molar-refractivity contribution >= 4 is 35.3 Å². The number of fused-ring (bicyclic) bond motifs is 3. The van der Waals surface area contributed by atoms with E-state index in [1.807, 2.05) is 36.4 Å². The molecule has 0 aromatic heterocycles. The Kier molecular flexibility index (Phi) is 5.94. The van der Waals surface area contributed by atoms with E-state index in [0.29, 0.717) is 12.8 Å². The van der Waals surface area contributed by atoms with Gasteiger partial charge in [-0.3, -0.25) is 10.1 Å². The maximum atomic E-state index is 12.7. The maximum absolute atomic E-state index is 12.7. The summed E-state index contributed by atoms with van der Waals surface area (Å²) in [6.45, 7) is 0.138. The molecule has 1 fully saturated rings. The van der Waals surface area contributed by atoms with Crippen LogP contribution in [0.3, 0.4) is 0 Å². The number of ether oxygens (including phenoxy) is 1. The van der Waals surface area contributed by atoms with Crippen molar-refractivity contribution in [3.05, 3.63) is 88.4 Å². The van der Waals surface area contributed by atoms with Crippen LogP contribution in [0.4, 0.5) is 10.5 Å². The van der Waals surface area contributed by atoms with Gasteiger partial charge in [0.2, 0.25) is 0 Å². The number of nitrogens with one attached hydrogen (secondary N) is 2. The summed E-state index contributed by atoms with van der Waals surface area (Å²) in [5.41, 5.74) is 3.61. The smallest absolute Gasteiger partial charge is 0.411 e. The molecule has 0 unspecified atom stereocenters. The summed E-state index contributed by atoms with van der Waals surface area (Å²) in [6, 6.07) is 20.5. The lowest BCUT2D eigenvalue weighted by Crippen LogP contribution is -2.59. The molecule has 3 N–H and O–H groups in total. The lowest BCUT2D eigenvalue weighted by Gasteiger charge is -2.38. The molecule has 0 spiro atoms. The summed E-state index contributed by atoms with van der Waals surface area (Å²) in [5, 5.41) is 14.9. The van der Waals surface area contributed by atoms with Crippen LogP contribution >= 0.6 is 11.6 Å². The second kappa shape index (κ2) is 9.07. The lowest BCUT2D eigenvalue weighted by atomic mass is 9.76. The predicted molar refractivity (Wildman–Crippen MR) is 132 cm³/mol. The van der Waals surface area contributed by atoms with Crippen molar-refractivity contribution in [1.29, 1.82) is 0 Å². The third kappa shape index (κ3) is 4.23. The largest absolute Gasteiger partial charge is 0.480 e. The Morgan fingerprint density at radius 3 is 2.17 bits per heavy atom. The van der Waals surface area contributed by atoms with E-state index in [0.717, 1.165) is 28.7 Å². The first-order valence-corrected chi connectivity index (χ1v) is 11.7. The monoisotopic (exact) mass is 490 g/mol. The van der Waals surface area contributed by atoms with Gasteiger partial charge < -0.3 is 15.2 Å². The van der Waals surface area contributed by atoms with E-state index < -0.39 is 23.5 Å². The van der Waals surface area contributed by atoms with Crippen LogP contribution in [0.2, 0.25) is 5.02 Å². The van der Waals surface area contributed by atoms with Crippen LogP contribution in [0.5, 0.6) is 0 Å². The first-order chi connectivity index (χ1) is 16.9. The van der Waals surface area contributed by atoms with Crippen LogP contribution in [0, 0.1) is 0 Å². The van der Waals surface area contributed by atoms with E-state index in [1.165, 1.54) is 18.2 Å². The van der Waals surface area contributed by atoms with Gasteiger partial charge in [0.15, 0.2) is 0 Å². The first kappa shape index (κ1) is 22.9. The van der Waals surface area contributed by atoms with Crippen LogP contribution < -0.4 is 10.6 Å². The van der Waals surface area contributed by atoms with Crippen molar-refractivity contribution in [2.45, 2.75) is 30.7 Å². The molecular formula is C27H23ClN2O5. The number of hydrogen-bond donors (Lipinski definition) is 3. The van der Waals surface area contributed by atoms with E-state index in [1.54, 1.807) is 0 Å². The Hall–Kier alpha value is -3.84. The van der Waals surface area contributed by atoms with Gasteiger partial charge in [-0.05, 0) is 59.7 Å². The second-order valence-corrected chi connectivity index (χ2v) is 9.25. The normalized spacial score (nSPS) is 15.3. The van der Waals surface area contributed by atoms with Crippen molar-refractivity contribution in [3.63, 3.8) is 0 Å². The number of carboxylic acids is 1.